The summed E-state index contributed by atoms with van der Waals surface area (Å²) in [6.45, 7) is 8.81. The van der Waals surface area contributed by atoms with Crippen molar-refractivity contribution in [3.8, 4) is 11.5 Å². The first-order valence-corrected chi connectivity index (χ1v) is 13.3. The third-order valence-corrected chi connectivity index (χ3v) is 7.07. The van der Waals surface area contributed by atoms with Crippen molar-refractivity contribution in [1.82, 2.24) is 9.80 Å². The molecule has 0 saturated heterocycles. The third-order valence-electron chi connectivity index (χ3n) is 6.21. The number of ether oxygens (including phenoxy) is 2. The lowest BCUT2D eigenvalue weighted by atomic mass is 10.1. The van der Waals surface area contributed by atoms with Gasteiger partial charge in [0.05, 0.1) is 20.8 Å². The van der Waals surface area contributed by atoms with Crippen molar-refractivity contribution in [3.63, 3.8) is 0 Å². The van der Waals surface area contributed by atoms with Crippen LogP contribution in [0.15, 0.2) is 53.9 Å². The average Bonchev–Trinajstić information content (AvgIpc) is 3.39. The van der Waals surface area contributed by atoms with E-state index in [1.807, 2.05) is 86.5 Å². The molecule has 0 fully saturated rings. The zero-order chi connectivity index (χ0) is 26.9. The van der Waals surface area contributed by atoms with Crippen LogP contribution >= 0.6 is 11.3 Å². The van der Waals surface area contributed by atoms with Gasteiger partial charge in [-0.05, 0) is 74.9 Å². The number of hydrogen-bond donors (Lipinski definition) is 1. The van der Waals surface area contributed by atoms with Gasteiger partial charge in [0.2, 0.25) is 5.91 Å². The Hall–Kier alpha value is -3.52. The van der Waals surface area contributed by atoms with Crippen LogP contribution in [-0.2, 0) is 17.8 Å². The maximum atomic E-state index is 13.6. The molecule has 7 nitrogen and oxygen atoms in total. The van der Waals surface area contributed by atoms with Crippen LogP contribution in [0.4, 0.5) is 10.5 Å². The quantitative estimate of drug-likeness (QED) is 0.340. The van der Waals surface area contributed by atoms with Gasteiger partial charge in [-0.2, -0.15) is 0 Å². The van der Waals surface area contributed by atoms with Crippen molar-refractivity contribution in [2.75, 3.05) is 32.6 Å². The second-order valence-corrected chi connectivity index (χ2v) is 10.3. The molecule has 0 atom stereocenters. The van der Waals surface area contributed by atoms with E-state index in [4.69, 9.17) is 9.47 Å². The van der Waals surface area contributed by atoms with Crippen LogP contribution in [0.2, 0.25) is 0 Å². The van der Waals surface area contributed by atoms with Crippen LogP contribution < -0.4 is 14.8 Å². The van der Waals surface area contributed by atoms with Crippen LogP contribution in [0.25, 0.3) is 0 Å². The van der Waals surface area contributed by atoms with Gasteiger partial charge < -0.3 is 24.6 Å². The standard InChI is InChI=1S/C29H37N3O4S/c1-20(2)32(29(34)30-25-11-9-21(3)16-22(25)4)19-28(33)31(18-24-8-7-15-37-24)14-13-23-10-12-26(35-5)27(17-23)36-6/h7-12,15-17,20H,13-14,18-19H2,1-6H3,(H,30,34). The smallest absolute Gasteiger partial charge is 0.322 e. The number of thiophene rings is 1. The highest BCUT2D eigenvalue weighted by Crippen LogP contribution is 2.28. The van der Waals surface area contributed by atoms with Gasteiger partial charge in [-0.1, -0.05) is 29.8 Å². The van der Waals surface area contributed by atoms with Crippen LogP contribution in [0.5, 0.6) is 11.5 Å². The summed E-state index contributed by atoms with van der Waals surface area (Å²) in [4.78, 5) is 31.3. The molecule has 0 aliphatic rings. The largest absolute Gasteiger partial charge is 0.493 e. The number of benzene rings is 2. The van der Waals surface area contributed by atoms with Crippen molar-refractivity contribution >= 4 is 29.0 Å². The Morgan fingerprint density at radius 1 is 1.00 bits per heavy atom. The van der Waals surface area contributed by atoms with Crippen molar-refractivity contribution < 1.29 is 19.1 Å². The number of amides is 3. The first kappa shape index (κ1) is 28.1. The zero-order valence-corrected chi connectivity index (χ0v) is 23.4. The Kier molecular flexibility index (Phi) is 9.97. The van der Waals surface area contributed by atoms with E-state index < -0.39 is 0 Å². The predicted molar refractivity (Wildman–Crippen MR) is 150 cm³/mol. The minimum atomic E-state index is -0.286. The van der Waals surface area contributed by atoms with Gasteiger partial charge in [0.1, 0.15) is 6.54 Å². The van der Waals surface area contributed by atoms with E-state index in [1.54, 1.807) is 30.5 Å². The molecule has 3 aromatic rings. The molecule has 2 aromatic carbocycles. The van der Waals surface area contributed by atoms with E-state index in [1.165, 1.54) is 0 Å². The van der Waals surface area contributed by atoms with Gasteiger partial charge in [-0.15, -0.1) is 11.3 Å². The second-order valence-electron chi connectivity index (χ2n) is 9.30. The number of nitrogens with zero attached hydrogens (tertiary/aromatic N) is 2. The number of rotatable bonds is 11. The molecule has 3 amide bonds. The normalized spacial score (nSPS) is 10.8. The van der Waals surface area contributed by atoms with Crippen LogP contribution in [0, 0.1) is 13.8 Å². The summed E-state index contributed by atoms with van der Waals surface area (Å²) in [7, 11) is 3.22. The fourth-order valence-corrected chi connectivity index (χ4v) is 4.78. The van der Waals surface area contributed by atoms with E-state index >= 15 is 0 Å². The molecule has 0 aliphatic heterocycles. The Morgan fingerprint density at radius 3 is 2.38 bits per heavy atom. The summed E-state index contributed by atoms with van der Waals surface area (Å²) in [6, 6.07) is 15.2. The van der Waals surface area contributed by atoms with Gasteiger partial charge in [0.25, 0.3) is 0 Å². The van der Waals surface area contributed by atoms with Gasteiger partial charge >= 0.3 is 6.03 Å². The summed E-state index contributed by atoms with van der Waals surface area (Å²) in [6.07, 6.45) is 0.647. The van der Waals surface area contributed by atoms with Gasteiger partial charge in [0, 0.05) is 23.2 Å². The molecule has 1 aromatic heterocycles. The van der Waals surface area contributed by atoms with Crippen molar-refractivity contribution in [1.29, 1.82) is 0 Å². The summed E-state index contributed by atoms with van der Waals surface area (Å²) in [5.74, 6) is 1.23. The summed E-state index contributed by atoms with van der Waals surface area (Å²) in [5.41, 5.74) is 3.90. The molecule has 37 heavy (non-hydrogen) atoms. The maximum Gasteiger partial charge on any atom is 0.322 e. The Balaban J connectivity index is 1.74. The molecule has 0 saturated carbocycles. The molecular weight excluding hydrogens is 486 g/mol. The highest BCUT2D eigenvalue weighted by Gasteiger charge is 2.24. The number of methoxy groups -OCH3 is 2. The zero-order valence-electron chi connectivity index (χ0n) is 22.5. The average molecular weight is 524 g/mol. The Labute approximate surface area is 224 Å². The fraction of sp³-hybridized carbons (Fsp3) is 0.379. The predicted octanol–water partition coefficient (Wildman–Crippen LogP) is 5.90. The number of carbonyl (C=O) groups is 2. The molecule has 8 heteroatoms. The number of carbonyl (C=O) groups excluding carboxylic acids is 2. The van der Waals surface area contributed by atoms with Crippen molar-refractivity contribution in [2.45, 2.75) is 46.7 Å². The topological polar surface area (TPSA) is 71.1 Å². The van der Waals surface area contributed by atoms with E-state index in [0.29, 0.717) is 31.0 Å². The maximum absolute atomic E-state index is 13.6. The van der Waals surface area contributed by atoms with Crippen LogP contribution in [0.3, 0.4) is 0 Å². The number of anilines is 1. The molecule has 0 aliphatic carbocycles. The third kappa shape index (κ3) is 7.73. The molecule has 0 bridgehead atoms. The summed E-state index contributed by atoms with van der Waals surface area (Å²) < 4.78 is 10.8. The molecule has 0 unspecified atom stereocenters. The molecule has 1 heterocycles. The van der Waals surface area contributed by atoms with E-state index in [2.05, 4.69) is 5.32 Å². The molecular formula is C29H37N3O4S. The number of hydrogen-bond acceptors (Lipinski definition) is 5. The second kappa shape index (κ2) is 13.1. The Morgan fingerprint density at radius 2 is 1.76 bits per heavy atom. The van der Waals surface area contributed by atoms with E-state index in [0.717, 1.165) is 27.3 Å². The lowest BCUT2D eigenvalue weighted by Gasteiger charge is -2.30. The monoisotopic (exact) mass is 523 g/mol. The first-order chi connectivity index (χ1) is 17.7. The molecule has 3 rings (SSSR count). The van der Waals surface area contributed by atoms with Gasteiger partial charge in [-0.3, -0.25) is 4.79 Å². The van der Waals surface area contributed by atoms with Gasteiger partial charge in [-0.25, -0.2) is 4.79 Å². The minimum absolute atomic E-state index is 0.00822. The SMILES string of the molecule is COc1ccc(CCN(Cc2cccs2)C(=O)CN(C(=O)Nc2ccc(C)cc2C)C(C)C)cc1OC. The van der Waals surface area contributed by atoms with Gasteiger partial charge in [0.15, 0.2) is 11.5 Å². The Bertz CT molecular complexity index is 1190. The lowest BCUT2D eigenvalue weighted by molar-refractivity contribution is -0.132. The van der Waals surface area contributed by atoms with Crippen LogP contribution in [-0.4, -0.2) is 55.1 Å². The molecule has 1 N–H and O–H groups in total. The van der Waals surface area contributed by atoms with Crippen molar-refractivity contribution in [3.05, 3.63) is 75.5 Å². The molecule has 198 valence electrons. The minimum Gasteiger partial charge on any atom is -0.493 e. The van der Waals surface area contributed by atoms with Crippen LogP contribution in [0.1, 0.15) is 35.4 Å². The highest BCUT2D eigenvalue weighted by atomic mass is 32.1. The summed E-state index contributed by atoms with van der Waals surface area (Å²) >= 11 is 1.61. The first-order valence-electron chi connectivity index (χ1n) is 12.4. The molecule has 0 spiro atoms. The number of urea groups is 1. The highest BCUT2D eigenvalue weighted by molar-refractivity contribution is 7.09. The lowest BCUT2D eigenvalue weighted by Crippen LogP contribution is -2.47. The number of aryl methyl sites for hydroxylation is 2. The molecule has 0 radical (unpaired) electrons. The summed E-state index contributed by atoms with van der Waals surface area (Å²) in [5, 5.41) is 4.99. The van der Waals surface area contributed by atoms with E-state index in [9.17, 15) is 9.59 Å². The fourth-order valence-electron chi connectivity index (χ4n) is 4.06. The van der Waals surface area contributed by atoms with E-state index in [-0.39, 0.29) is 24.5 Å². The van der Waals surface area contributed by atoms with Crippen molar-refractivity contribution in [2.24, 2.45) is 0 Å². The number of nitrogens with one attached hydrogen (secondary N) is 1.